The molecule has 3 nitrogen and oxygen atoms in total. The summed E-state index contributed by atoms with van der Waals surface area (Å²) in [6, 6.07) is 4.56. The predicted molar refractivity (Wildman–Crippen MR) is 63.0 cm³/mol. The van der Waals surface area contributed by atoms with E-state index in [0.717, 1.165) is 5.56 Å². The molecule has 0 saturated carbocycles. The largest absolute Gasteiger partial charge is 0.496 e. The van der Waals surface area contributed by atoms with Gasteiger partial charge in [0.05, 0.1) is 7.11 Å². The fraction of sp³-hybridized carbons (Fsp3) is 0.500. The Hall–Kier alpha value is -1.13. The first-order chi connectivity index (χ1) is 7.51. The Morgan fingerprint density at radius 1 is 1.44 bits per heavy atom. The van der Waals surface area contributed by atoms with Crippen molar-refractivity contribution < 1.29 is 9.13 Å². The zero-order valence-electron chi connectivity index (χ0n) is 10.0. The Bertz CT molecular complexity index is 353. The summed E-state index contributed by atoms with van der Waals surface area (Å²) in [7, 11) is 1.59. The summed E-state index contributed by atoms with van der Waals surface area (Å²) in [5.41, 5.74) is 6.01. The summed E-state index contributed by atoms with van der Waals surface area (Å²) in [5, 5.41) is 3.06. The first-order valence-corrected chi connectivity index (χ1v) is 5.26. The van der Waals surface area contributed by atoms with E-state index in [1.807, 2.05) is 13.8 Å². The molecule has 3 N–H and O–H groups in total. The minimum absolute atomic E-state index is 0.229. The molecule has 90 valence electrons. The van der Waals surface area contributed by atoms with E-state index in [9.17, 15) is 4.39 Å². The van der Waals surface area contributed by atoms with Gasteiger partial charge in [-0.05, 0) is 18.2 Å². The Labute approximate surface area is 95.8 Å². The van der Waals surface area contributed by atoms with Gasteiger partial charge in [-0.3, -0.25) is 0 Å². The lowest BCUT2D eigenvalue weighted by atomic mass is 9.84. The molecule has 0 bridgehead atoms. The van der Waals surface area contributed by atoms with Gasteiger partial charge in [0.15, 0.2) is 0 Å². The topological polar surface area (TPSA) is 47.3 Å². The van der Waals surface area contributed by atoms with E-state index in [0.29, 0.717) is 19.0 Å². The number of ether oxygens (including phenoxy) is 1. The molecule has 0 atom stereocenters. The number of hydrogen-bond acceptors (Lipinski definition) is 3. The average molecular weight is 226 g/mol. The summed E-state index contributed by atoms with van der Waals surface area (Å²) in [6.07, 6.45) is 0. The van der Waals surface area contributed by atoms with Crippen LogP contribution in [0.2, 0.25) is 0 Å². The van der Waals surface area contributed by atoms with Crippen LogP contribution < -0.4 is 15.8 Å². The van der Waals surface area contributed by atoms with Crippen molar-refractivity contribution in [3.63, 3.8) is 0 Å². The first-order valence-electron chi connectivity index (χ1n) is 5.26. The molecule has 0 radical (unpaired) electrons. The molecule has 4 heteroatoms. The molecule has 0 amide bonds. The number of nitrogens with two attached hydrogens (primary N) is 1. The molecule has 0 fully saturated rings. The van der Waals surface area contributed by atoms with Gasteiger partial charge < -0.3 is 15.8 Å². The van der Waals surface area contributed by atoms with E-state index in [1.54, 1.807) is 13.2 Å². The lowest BCUT2D eigenvalue weighted by Gasteiger charge is -2.27. The normalized spacial score (nSPS) is 11.6. The molecule has 0 spiro atoms. The van der Waals surface area contributed by atoms with Crippen LogP contribution in [0.1, 0.15) is 19.4 Å². The number of hydrogen-bond donors (Lipinski definition) is 2. The van der Waals surface area contributed by atoms with Crippen molar-refractivity contribution in [2.75, 3.05) is 20.3 Å². The van der Waals surface area contributed by atoms with Crippen molar-refractivity contribution in [1.82, 2.24) is 5.32 Å². The molecule has 0 heterocycles. The smallest absolute Gasteiger partial charge is 0.123 e. The third kappa shape index (κ3) is 2.93. The summed E-state index contributed by atoms with van der Waals surface area (Å²) >= 11 is 0. The van der Waals surface area contributed by atoms with Crippen LogP contribution in [0.5, 0.6) is 5.75 Å². The summed E-state index contributed by atoms with van der Waals surface area (Å²) in [5.74, 6) is 0.446. The van der Waals surface area contributed by atoms with Gasteiger partial charge in [0, 0.05) is 24.2 Å². The number of halogens is 1. The lowest BCUT2D eigenvalue weighted by molar-refractivity contribution is 0.384. The van der Waals surface area contributed by atoms with Gasteiger partial charge in [0.1, 0.15) is 11.6 Å². The van der Waals surface area contributed by atoms with E-state index in [-0.39, 0.29) is 11.2 Å². The van der Waals surface area contributed by atoms with E-state index < -0.39 is 0 Å². The van der Waals surface area contributed by atoms with Gasteiger partial charge in [0.25, 0.3) is 0 Å². The first kappa shape index (κ1) is 12.9. The van der Waals surface area contributed by atoms with Crippen molar-refractivity contribution in [2.24, 2.45) is 5.73 Å². The maximum absolute atomic E-state index is 13.2. The summed E-state index contributed by atoms with van der Waals surface area (Å²) in [6.45, 7) is 5.12. The van der Waals surface area contributed by atoms with Gasteiger partial charge in [-0.1, -0.05) is 13.8 Å². The molecule has 0 aliphatic heterocycles. The van der Waals surface area contributed by atoms with Crippen molar-refractivity contribution in [3.8, 4) is 5.75 Å². The van der Waals surface area contributed by atoms with E-state index in [4.69, 9.17) is 10.5 Å². The predicted octanol–water partition coefficient (Wildman–Crippen LogP) is 1.62. The maximum Gasteiger partial charge on any atom is 0.123 e. The second-order valence-corrected chi connectivity index (χ2v) is 4.36. The van der Waals surface area contributed by atoms with Crippen molar-refractivity contribution in [1.29, 1.82) is 0 Å². The molecule has 0 unspecified atom stereocenters. The van der Waals surface area contributed by atoms with Crippen molar-refractivity contribution >= 4 is 0 Å². The molecule has 0 aromatic heterocycles. The average Bonchev–Trinajstić information content (AvgIpc) is 2.26. The number of nitrogens with one attached hydrogen (secondary N) is 1. The van der Waals surface area contributed by atoms with Crippen LogP contribution in [-0.4, -0.2) is 20.3 Å². The molecule has 0 aliphatic rings. The van der Waals surface area contributed by atoms with E-state index >= 15 is 0 Å². The van der Waals surface area contributed by atoms with Crippen LogP contribution in [0.4, 0.5) is 4.39 Å². The van der Waals surface area contributed by atoms with Gasteiger partial charge in [-0.2, -0.15) is 0 Å². The Balaban J connectivity index is 3.04. The minimum atomic E-state index is -0.253. The minimum Gasteiger partial charge on any atom is -0.496 e. The number of methoxy groups -OCH3 is 1. The lowest BCUT2D eigenvalue weighted by Crippen LogP contribution is -2.36. The Morgan fingerprint density at radius 3 is 2.69 bits per heavy atom. The van der Waals surface area contributed by atoms with Crippen LogP contribution in [-0.2, 0) is 5.41 Å². The fourth-order valence-corrected chi connectivity index (χ4v) is 1.69. The standard InChI is InChI=1S/C12H19FN2O/c1-12(2,7-15-8-14)10-6-9(13)4-5-11(10)16-3/h4-6,15H,7-8,14H2,1-3H3. The molecule has 0 saturated heterocycles. The van der Waals surface area contributed by atoms with Gasteiger partial charge in [-0.15, -0.1) is 0 Å². The second-order valence-electron chi connectivity index (χ2n) is 4.36. The second kappa shape index (κ2) is 5.27. The fourth-order valence-electron chi connectivity index (χ4n) is 1.69. The van der Waals surface area contributed by atoms with Crippen LogP contribution in [0.15, 0.2) is 18.2 Å². The Morgan fingerprint density at radius 2 is 2.12 bits per heavy atom. The SMILES string of the molecule is COc1ccc(F)cc1C(C)(C)CNCN. The highest BCUT2D eigenvalue weighted by Crippen LogP contribution is 2.31. The summed E-state index contributed by atoms with van der Waals surface area (Å²) in [4.78, 5) is 0. The highest BCUT2D eigenvalue weighted by Gasteiger charge is 2.24. The van der Waals surface area contributed by atoms with Crippen LogP contribution in [0.25, 0.3) is 0 Å². The van der Waals surface area contributed by atoms with Crippen LogP contribution >= 0.6 is 0 Å². The van der Waals surface area contributed by atoms with Gasteiger partial charge >= 0.3 is 0 Å². The zero-order valence-corrected chi connectivity index (χ0v) is 10.0. The Kier molecular flexibility index (Phi) is 4.26. The molecular formula is C12H19FN2O. The third-order valence-electron chi connectivity index (χ3n) is 2.60. The van der Waals surface area contributed by atoms with E-state index in [2.05, 4.69) is 5.32 Å². The van der Waals surface area contributed by atoms with Gasteiger partial charge in [0.2, 0.25) is 0 Å². The molecule has 1 aromatic rings. The van der Waals surface area contributed by atoms with Crippen molar-refractivity contribution in [2.45, 2.75) is 19.3 Å². The molecule has 1 aromatic carbocycles. The molecule has 1 rings (SSSR count). The third-order valence-corrected chi connectivity index (χ3v) is 2.60. The van der Waals surface area contributed by atoms with Gasteiger partial charge in [-0.25, -0.2) is 4.39 Å². The zero-order chi connectivity index (χ0) is 12.2. The quantitative estimate of drug-likeness (QED) is 0.750. The molecule has 0 aliphatic carbocycles. The monoisotopic (exact) mass is 226 g/mol. The molecule has 16 heavy (non-hydrogen) atoms. The van der Waals surface area contributed by atoms with E-state index in [1.165, 1.54) is 12.1 Å². The maximum atomic E-state index is 13.2. The van der Waals surface area contributed by atoms with Crippen molar-refractivity contribution in [3.05, 3.63) is 29.6 Å². The number of benzene rings is 1. The summed E-state index contributed by atoms with van der Waals surface area (Å²) < 4.78 is 18.5. The highest BCUT2D eigenvalue weighted by molar-refractivity contribution is 5.39. The molecular weight excluding hydrogens is 207 g/mol. The van der Waals surface area contributed by atoms with Crippen LogP contribution in [0, 0.1) is 5.82 Å². The highest BCUT2D eigenvalue weighted by atomic mass is 19.1. The van der Waals surface area contributed by atoms with Crippen LogP contribution in [0.3, 0.4) is 0 Å². The number of rotatable bonds is 5.